The molecular formula is C10H14O3. The summed E-state index contributed by atoms with van der Waals surface area (Å²) in [7, 11) is 0. The molecular weight excluding hydrogens is 168 g/mol. The number of carbonyl (C=O) groups is 1. The highest BCUT2D eigenvalue weighted by molar-refractivity contribution is 5.90. The fourth-order valence-electron chi connectivity index (χ4n) is 0.821. The Morgan fingerprint density at radius 3 is 2.23 bits per heavy atom. The first kappa shape index (κ1) is 11.5. The van der Waals surface area contributed by atoms with E-state index in [1.807, 2.05) is 13.8 Å². The van der Waals surface area contributed by atoms with Gasteiger partial charge in [0.05, 0.1) is 0 Å². The van der Waals surface area contributed by atoms with E-state index in [1.165, 1.54) is 12.1 Å². The molecule has 3 heteroatoms. The van der Waals surface area contributed by atoms with E-state index in [2.05, 4.69) is 0 Å². The van der Waals surface area contributed by atoms with Gasteiger partial charge in [0.15, 0.2) is 0 Å². The van der Waals surface area contributed by atoms with E-state index in [9.17, 15) is 4.79 Å². The number of carboxylic acids is 1. The van der Waals surface area contributed by atoms with Crippen LogP contribution in [0.5, 0.6) is 5.75 Å². The molecule has 0 aliphatic rings. The Balaban J connectivity index is 0.000000671. The molecule has 1 rings (SSSR count). The monoisotopic (exact) mass is 182 g/mol. The highest BCUT2D eigenvalue weighted by Gasteiger charge is 2.07. The molecule has 0 unspecified atom stereocenters. The maximum Gasteiger partial charge on any atom is 0.339 e. The Bertz CT molecular complexity index is 292. The summed E-state index contributed by atoms with van der Waals surface area (Å²) in [5.41, 5.74) is 0.769. The van der Waals surface area contributed by atoms with Crippen LogP contribution >= 0.6 is 0 Å². The number of hydrogen-bond donors (Lipinski definition) is 2. The van der Waals surface area contributed by atoms with Crippen LogP contribution in [-0.2, 0) is 0 Å². The third-order valence-electron chi connectivity index (χ3n) is 1.38. The predicted molar refractivity (Wildman–Crippen MR) is 51.2 cm³/mol. The zero-order chi connectivity index (χ0) is 10.4. The highest BCUT2D eigenvalue weighted by Crippen LogP contribution is 2.17. The van der Waals surface area contributed by atoms with E-state index in [0.717, 1.165) is 5.56 Å². The van der Waals surface area contributed by atoms with E-state index in [1.54, 1.807) is 13.0 Å². The van der Waals surface area contributed by atoms with Crippen LogP contribution in [0.3, 0.4) is 0 Å². The lowest BCUT2D eigenvalue weighted by molar-refractivity contribution is 0.0693. The topological polar surface area (TPSA) is 57.5 Å². The lowest BCUT2D eigenvalue weighted by Crippen LogP contribution is -1.96. The molecule has 13 heavy (non-hydrogen) atoms. The lowest BCUT2D eigenvalue weighted by atomic mass is 10.1. The van der Waals surface area contributed by atoms with E-state index in [4.69, 9.17) is 10.2 Å². The minimum atomic E-state index is -1.11. The summed E-state index contributed by atoms with van der Waals surface area (Å²) in [6, 6.07) is 4.46. The second kappa shape index (κ2) is 5.19. The number of aromatic carboxylic acids is 1. The van der Waals surface area contributed by atoms with Crippen LogP contribution in [0, 0.1) is 6.92 Å². The zero-order valence-electron chi connectivity index (χ0n) is 8.03. The molecule has 0 atom stereocenters. The largest absolute Gasteiger partial charge is 0.507 e. The summed E-state index contributed by atoms with van der Waals surface area (Å²) in [5, 5.41) is 17.6. The van der Waals surface area contributed by atoms with Crippen molar-refractivity contribution in [2.24, 2.45) is 0 Å². The summed E-state index contributed by atoms with van der Waals surface area (Å²) in [4.78, 5) is 10.4. The second-order valence-corrected chi connectivity index (χ2v) is 2.33. The van der Waals surface area contributed by atoms with Crippen LogP contribution in [0.15, 0.2) is 18.2 Å². The van der Waals surface area contributed by atoms with Gasteiger partial charge in [0.1, 0.15) is 11.3 Å². The number of benzene rings is 1. The maximum absolute atomic E-state index is 10.4. The van der Waals surface area contributed by atoms with Gasteiger partial charge in [-0.05, 0) is 19.1 Å². The molecule has 0 amide bonds. The number of aromatic hydroxyl groups is 1. The summed E-state index contributed by atoms with van der Waals surface area (Å²) >= 11 is 0. The van der Waals surface area contributed by atoms with Crippen LogP contribution in [0.2, 0.25) is 0 Å². The second-order valence-electron chi connectivity index (χ2n) is 2.33. The van der Waals surface area contributed by atoms with E-state index in [-0.39, 0.29) is 11.3 Å². The van der Waals surface area contributed by atoms with Crippen LogP contribution in [0.1, 0.15) is 29.8 Å². The molecule has 0 aliphatic heterocycles. The van der Waals surface area contributed by atoms with Crippen LogP contribution in [-0.4, -0.2) is 16.2 Å². The first-order chi connectivity index (χ1) is 6.11. The Hall–Kier alpha value is -1.51. The number of carboxylic acid groups (broad SMARTS) is 1. The molecule has 3 nitrogen and oxygen atoms in total. The van der Waals surface area contributed by atoms with Crippen molar-refractivity contribution in [3.05, 3.63) is 29.3 Å². The minimum absolute atomic E-state index is 0.0509. The maximum atomic E-state index is 10.4. The SMILES string of the molecule is CC.Cc1ccc(O)c(C(=O)O)c1. The van der Waals surface area contributed by atoms with Crippen molar-refractivity contribution in [1.82, 2.24) is 0 Å². The van der Waals surface area contributed by atoms with Crippen molar-refractivity contribution in [2.45, 2.75) is 20.8 Å². The molecule has 0 heterocycles. The van der Waals surface area contributed by atoms with E-state index >= 15 is 0 Å². The molecule has 2 N–H and O–H groups in total. The summed E-state index contributed by atoms with van der Waals surface area (Å²) in [5.74, 6) is -1.30. The van der Waals surface area contributed by atoms with Gasteiger partial charge in [-0.2, -0.15) is 0 Å². The van der Waals surface area contributed by atoms with Gasteiger partial charge in [0.25, 0.3) is 0 Å². The van der Waals surface area contributed by atoms with Gasteiger partial charge in [0.2, 0.25) is 0 Å². The smallest absolute Gasteiger partial charge is 0.339 e. The predicted octanol–water partition coefficient (Wildman–Crippen LogP) is 2.43. The van der Waals surface area contributed by atoms with Crippen molar-refractivity contribution in [1.29, 1.82) is 0 Å². The molecule has 0 fully saturated rings. The number of phenols is 1. The number of hydrogen-bond acceptors (Lipinski definition) is 2. The average Bonchev–Trinajstić information content (AvgIpc) is 2.12. The normalized spacial score (nSPS) is 8.54. The average molecular weight is 182 g/mol. The van der Waals surface area contributed by atoms with Gasteiger partial charge in [-0.15, -0.1) is 0 Å². The van der Waals surface area contributed by atoms with Gasteiger partial charge in [0, 0.05) is 0 Å². The van der Waals surface area contributed by atoms with Crippen LogP contribution in [0.4, 0.5) is 0 Å². The van der Waals surface area contributed by atoms with Gasteiger partial charge in [-0.1, -0.05) is 25.5 Å². The van der Waals surface area contributed by atoms with Crippen molar-refractivity contribution < 1.29 is 15.0 Å². The summed E-state index contributed by atoms with van der Waals surface area (Å²) in [6.07, 6.45) is 0. The Kier molecular flexibility index (Phi) is 4.59. The molecule has 0 saturated heterocycles. The third-order valence-corrected chi connectivity index (χ3v) is 1.38. The molecule has 0 bridgehead atoms. The Labute approximate surface area is 77.6 Å². The first-order valence-electron chi connectivity index (χ1n) is 4.14. The quantitative estimate of drug-likeness (QED) is 0.701. The molecule has 0 aromatic heterocycles. The van der Waals surface area contributed by atoms with E-state index in [0.29, 0.717) is 0 Å². The highest BCUT2D eigenvalue weighted by atomic mass is 16.4. The molecule has 0 spiro atoms. The van der Waals surface area contributed by atoms with Gasteiger partial charge in [-0.25, -0.2) is 4.79 Å². The van der Waals surface area contributed by atoms with Crippen molar-refractivity contribution >= 4 is 5.97 Å². The first-order valence-corrected chi connectivity index (χ1v) is 4.14. The molecule has 72 valence electrons. The Morgan fingerprint density at radius 1 is 1.31 bits per heavy atom. The minimum Gasteiger partial charge on any atom is -0.507 e. The van der Waals surface area contributed by atoms with Gasteiger partial charge in [-0.3, -0.25) is 0 Å². The molecule has 0 saturated carbocycles. The van der Waals surface area contributed by atoms with Crippen molar-refractivity contribution in [2.75, 3.05) is 0 Å². The molecule has 1 aromatic carbocycles. The number of aryl methyl sites for hydroxylation is 1. The van der Waals surface area contributed by atoms with Gasteiger partial charge >= 0.3 is 5.97 Å². The molecule has 0 aliphatic carbocycles. The number of rotatable bonds is 1. The van der Waals surface area contributed by atoms with E-state index < -0.39 is 5.97 Å². The van der Waals surface area contributed by atoms with Crippen LogP contribution in [0.25, 0.3) is 0 Å². The molecule has 1 aromatic rings. The van der Waals surface area contributed by atoms with Crippen molar-refractivity contribution in [3.8, 4) is 5.75 Å². The zero-order valence-corrected chi connectivity index (χ0v) is 8.03. The Morgan fingerprint density at radius 2 is 1.85 bits per heavy atom. The lowest BCUT2D eigenvalue weighted by Gasteiger charge is -1.98. The van der Waals surface area contributed by atoms with Gasteiger partial charge < -0.3 is 10.2 Å². The standard InChI is InChI=1S/C8H8O3.C2H6/c1-5-2-3-7(9)6(4-5)8(10)11;1-2/h2-4,9H,1H3,(H,10,11);1-2H3. The summed E-state index contributed by atoms with van der Waals surface area (Å²) < 4.78 is 0. The fraction of sp³-hybridized carbons (Fsp3) is 0.300. The third kappa shape index (κ3) is 3.15. The summed E-state index contributed by atoms with van der Waals surface area (Å²) in [6.45, 7) is 5.77. The van der Waals surface area contributed by atoms with Crippen LogP contribution < -0.4 is 0 Å². The van der Waals surface area contributed by atoms with Crippen molar-refractivity contribution in [3.63, 3.8) is 0 Å². The fourth-order valence-corrected chi connectivity index (χ4v) is 0.821. The molecule has 0 radical (unpaired) electrons.